The molecule has 0 aromatic heterocycles. The number of nitrogens with one attached hydrogen (secondary N) is 2. The number of hydrogen-bond donors (Lipinski definition) is 2. The van der Waals surface area contributed by atoms with Crippen LogP contribution in [-0.2, 0) is 16.0 Å². The van der Waals surface area contributed by atoms with Gasteiger partial charge in [0.1, 0.15) is 0 Å². The maximum Gasteiger partial charge on any atom is 0.248 e. The number of amides is 2. The van der Waals surface area contributed by atoms with Gasteiger partial charge in [-0.25, -0.2) is 0 Å². The minimum Gasteiger partial charge on any atom is -0.326 e. The van der Waals surface area contributed by atoms with Crippen LogP contribution in [0.15, 0.2) is 42.5 Å². The smallest absolute Gasteiger partial charge is 0.248 e. The van der Waals surface area contributed by atoms with Crippen molar-refractivity contribution in [2.45, 2.75) is 12.8 Å². The first-order valence-corrected chi connectivity index (χ1v) is 8.14. The van der Waals surface area contributed by atoms with Crippen molar-refractivity contribution in [2.24, 2.45) is 0 Å². The zero-order valence-electron chi connectivity index (χ0n) is 12.6. The van der Waals surface area contributed by atoms with Crippen LogP contribution in [0.3, 0.4) is 0 Å². The van der Waals surface area contributed by atoms with E-state index < -0.39 is 0 Å². The summed E-state index contributed by atoms with van der Waals surface area (Å²) in [5, 5.41) is 6.52. The van der Waals surface area contributed by atoms with Crippen LogP contribution in [0.5, 0.6) is 0 Å². The van der Waals surface area contributed by atoms with Crippen molar-refractivity contribution in [2.75, 3.05) is 10.6 Å². The van der Waals surface area contributed by atoms with Gasteiger partial charge in [-0.1, -0.05) is 29.3 Å². The van der Waals surface area contributed by atoms with E-state index in [4.69, 9.17) is 23.2 Å². The van der Waals surface area contributed by atoms with Gasteiger partial charge in [-0.3, -0.25) is 9.59 Å². The van der Waals surface area contributed by atoms with Crippen LogP contribution in [0.1, 0.15) is 17.5 Å². The highest BCUT2D eigenvalue weighted by atomic mass is 35.5. The fourth-order valence-corrected chi connectivity index (χ4v) is 2.74. The number of carbonyl (C=O) groups excluding carboxylic acids is 2. The van der Waals surface area contributed by atoms with E-state index in [1.54, 1.807) is 36.4 Å². The minimum atomic E-state index is -0.249. The average Bonchev–Trinajstić information content (AvgIpc) is 2.56. The molecule has 2 N–H and O–H groups in total. The van der Waals surface area contributed by atoms with E-state index in [1.807, 2.05) is 6.07 Å². The molecule has 2 amide bonds. The van der Waals surface area contributed by atoms with Gasteiger partial charge in [-0.15, -0.1) is 0 Å². The molecule has 3 rings (SSSR count). The molecule has 0 fully saturated rings. The normalized spacial score (nSPS) is 13.5. The molecular weight excluding hydrogens is 347 g/mol. The zero-order valence-corrected chi connectivity index (χ0v) is 14.1. The highest BCUT2D eigenvalue weighted by Crippen LogP contribution is 2.26. The van der Waals surface area contributed by atoms with Gasteiger partial charge in [0.2, 0.25) is 11.8 Å². The highest BCUT2D eigenvalue weighted by Gasteiger charge is 2.14. The predicted octanol–water partition coefficient (Wildman–Crippen LogP) is 4.53. The lowest BCUT2D eigenvalue weighted by Crippen LogP contribution is -2.19. The maximum atomic E-state index is 12.0. The monoisotopic (exact) mass is 360 g/mol. The Morgan fingerprint density at radius 1 is 1.08 bits per heavy atom. The van der Waals surface area contributed by atoms with Gasteiger partial charge in [0.05, 0.1) is 10.0 Å². The number of rotatable bonds is 3. The van der Waals surface area contributed by atoms with Crippen molar-refractivity contribution in [3.63, 3.8) is 0 Å². The topological polar surface area (TPSA) is 58.2 Å². The average molecular weight is 361 g/mol. The SMILES string of the molecule is O=C(/C=C/c1ccc(Cl)c(Cl)c1)Nc1ccc2c(c1)CCC(=O)N2. The Balaban J connectivity index is 1.67. The van der Waals surface area contributed by atoms with Crippen LogP contribution < -0.4 is 10.6 Å². The van der Waals surface area contributed by atoms with Crippen LogP contribution in [0.25, 0.3) is 6.08 Å². The number of hydrogen-bond acceptors (Lipinski definition) is 2. The Morgan fingerprint density at radius 3 is 2.71 bits per heavy atom. The van der Waals surface area contributed by atoms with Crippen LogP contribution in [0.2, 0.25) is 10.0 Å². The number of aryl methyl sites for hydroxylation is 1. The molecule has 0 unspecified atom stereocenters. The summed E-state index contributed by atoms with van der Waals surface area (Å²) in [4.78, 5) is 23.4. The molecule has 1 aliphatic heterocycles. The van der Waals surface area contributed by atoms with Crippen molar-refractivity contribution < 1.29 is 9.59 Å². The van der Waals surface area contributed by atoms with Crippen molar-refractivity contribution >= 4 is 52.5 Å². The van der Waals surface area contributed by atoms with E-state index in [1.165, 1.54) is 6.08 Å². The van der Waals surface area contributed by atoms with Crippen LogP contribution in [0, 0.1) is 0 Å². The van der Waals surface area contributed by atoms with Crippen LogP contribution in [-0.4, -0.2) is 11.8 Å². The molecule has 0 radical (unpaired) electrons. The van der Waals surface area contributed by atoms with E-state index in [-0.39, 0.29) is 11.8 Å². The Morgan fingerprint density at radius 2 is 1.92 bits per heavy atom. The molecule has 2 aromatic carbocycles. The van der Waals surface area contributed by atoms with E-state index in [9.17, 15) is 9.59 Å². The third-order valence-electron chi connectivity index (χ3n) is 3.64. The molecule has 0 aliphatic carbocycles. The Hall–Kier alpha value is -2.30. The van der Waals surface area contributed by atoms with Gasteiger partial charge in [-0.05, 0) is 54.0 Å². The summed E-state index contributed by atoms with van der Waals surface area (Å²) < 4.78 is 0. The maximum absolute atomic E-state index is 12.0. The molecule has 1 heterocycles. The van der Waals surface area contributed by atoms with Gasteiger partial charge >= 0.3 is 0 Å². The van der Waals surface area contributed by atoms with E-state index >= 15 is 0 Å². The van der Waals surface area contributed by atoms with Crippen molar-refractivity contribution in [3.8, 4) is 0 Å². The summed E-state index contributed by atoms with van der Waals surface area (Å²) in [6, 6.07) is 10.6. The van der Waals surface area contributed by atoms with E-state index in [2.05, 4.69) is 10.6 Å². The fourth-order valence-electron chi connectivity index (χ4n) is 2.43. The Kier molecular flexibility index (Phi) is 4.88. The second-order valence-corrected chi connectivity index (χ2v) is 6.23. The summed E-state index contributed by atoms with van der Waals surface area (Å²) in [6.07, 6.45) is 4.22. The first-order valence-electron chi connectivity index (χ1n) is 7.38. The summed E-state index contributed by atoms with van der Waals surface area (Å²) in [5.74, 6) is -0.232. The summed E-state index contributed by atoms with van der Waals surface area (Å²) in [7, 11) is 0. The van der Waals surface area contributed by atoms with Crippen molar-refractivity contribution in [3.05, 3.63) is 63.6 Å². The molecule has 1 aliphatic rings. The first-order chi connectivity index (χ1) is 11.5. The molecule has 4 nitrogen and oxygen atoms in total. The summed E-state index contributed by atoms with van der Waals surface area (Å²) >= 11 is 11.8. The summed E-state index contributed by atoms with van der Waals surface area (Å²) in [6.45, 7) is 0. The quantitative estimate of drug-likeness (QED) is 0.790. The van der Waals surface area contributed by atoms with Crippen molar-refractivity contribution in [1.82, 2.24) is 0 Å². The van der Waals surface area contributed by atoms with Crippen LogP contribution in [0.4, 0.5) is 11.4 Å². The molecule has 6 heteroatoms. The first kappa shape index (κ1) is 16.6. The fraction of sp³-hybridized carbons (Fsp3) is 0.111. The molecule has 0 spiro atoms. The molecular formula is C18H14Cl2N2O2. The predicted molar refractivity (Wildman–Crippen MR) is 97.5 cm³/mol. The standard InChI is InChI=1S/C18H14Cl2N2O2/c19-14-5-1-11(9-15(14)20)2-7-17(23)21-13-4-6-16-12(10-13)3-8-18(24)22-16/h1-2,4-7,9-10H,3,8H2,(H,21,23)(H,22,24)/b7-2+. The zero-order chi connectivity index (χ0) is 17.1. The summed E-state index contributed by atoms with van der Waals surface area (Å²) in [5.41, 5.74) is 3.29. The molecule has 0 saturated carbocycles. The van der Waals surface area contributed by atoms with E-state index in [0.717, 1.165) is 16.8 Å². The third kappa shape index (κ3) is 3.96. The number of halogens is 2. The lowest BCUT2D eigenvalue weighted by atomic mass is 10.0. The van der Waals surface area contributed by atoms with E-state index in [0.29, 0.717) is 28.6 Å². The number of fused-ring (bicyclic) bond motifs is 1. The number of benzene rings is 2. The molecule has 0 saturated heterocycles. The number of carbonyl (C=O) groups is 2. The molecule has 0 bridgehead atoms. The van der Waals surface area contributed by atoms with Gasteiger partial charge in [0.25, 0.3) is 0 Å². The highest BCUT2D eigenvalue weighted by molar-refractivity contribution is 6.42. The third-order valence-corrected chi connectivity index (χ3v) is 4.38. The lowest BCUT2D eigenvalue weighted by Gasteiger charge is -2.17. The minimum absolute atomic E-state index is 0.0174. The van der Waals surface area contributed by atoms with Crippen LogP contribution >= 0.6 is 23.2 Å². The second kappa shape index (κ2) is 7.07. The molecule has 0 atom stereocenters. The molecule has 2 aromatic rings. The van der Waals surface area contributed by atoms with Gasteiger partial charge in [0.15, 0.2) is 0 Å². The lowest BCUT2D eigenvalue weighted by molar-refractivity contribution is -0.116. The molecule has 24 heavy (non-hydrogen) atoms. The van der Waals surface area contributed by atoms with Gasteiger partial charge < -0.3 is 10.6 Å². The second-order valence-electron chi connectivity index (χ2n) is 5.42. The largest absolute Gasteiger partial charge is 0.326 e. The van der Waals surface area contributed by atoms with Gasteiger partial charge in [0, 0.05) is 23.9 Å². The Bertz CT molecular complexity index is 847. The molecule has 122 valence electrons. The van der Waals surface area contributed by atoms with Gasteiger partial charge in [-0.2, -0.15) is 0 Å². The number of anilines is 2. The van der Waals surface area contributed by atoms with Crippen molar-refractivity contribution in [1.29, 1.82) is 0 Å². The Labute approximate surface area is 149 Å².